The first-order chi connectivity index (χ1) is 13.4. The Morgan fingerprint density at radius 3 is 1.13 bits per heavy atom. The van der Waals surface area contributed by atoms with Gasteiger partial charge in [-0.3, -0.25) is 28.8 Å². The van der Waals surface area contributed by atoms with Crippen molar-refractivity contribution in [3.8, 4) is 5.75 Å². The Morgan fingerprint density at radius 1 is 0.733 bits per heavy atom. The van der Waals surface area contributed by atoms with E-state index in [1.165, 1.54) is 12.3 Å². The number of hydrogen-bond donors (Lipinski definition) is 6. The lowest BCUT2D eigenvalue weighted by atomic mass is 10.3. The second kappa shape index (κ2) is 25.1. The minimum Gasteiger partial charge on any atom is -0.502 e. The molecule has 1 aromatic rings. The molecule has 0 aromatic carbocycles. The SMILES string of the molecule is CC(=O)O.CC(=O)O.CC(=O)O.CC(=O)O.CC(=O)O.CCc1occc(=O)c1O. The monoisotopic (exact) mass is 440 g/mol. The number of hydrogen-bond acceptors (Lipinski definition) is 8. The predicted octanol–water partition coefficient (Wildman–Crippen LogP) is 1.36. The van der Waals surface area contributed by atoms with Gasteiger partial charge in [0.15, 0.2) is 0 Å². The zero-order valence-corrected chi connectivity index (χ0v) is 17.4. The van der Waals surface area contributed by atoms with Crippen LogP contribution in [0.2, 0.25) is 0 Å². The second-order valence-corrected chi connectivity index (χ2v) is 4.51. The zero-order valence-electron chi connectivity index (χ0n) is 17.4. The summed E-state index contributed by atoms with van der Waals surface area (Å²) in [6, 6.07) is 1.19. The maximum atomic E-state index is 10.7. The van der Waals surface area contributed by atoms with Crippen molar-refractivity contribution in [3.05, 3.63) is 28.3 Å². The lowest BCUT2D eigenvalue weighted by Gasteiger charge is -1.95. The van der Waals surface area contributed by atoms with Crippen molar-refractivity contribution in [1.82, 2.24) is 0 Å². The summed E-state index contributed by atoms with van der Waals surface area (Å²) in [6.45, 7) is 7.22. The first-order valence-electron chi connectivity index (χ1n) is 7.69. The van der Waals surface area contributed by atoms with Crippen molar-refractivity contribution in [3.63, 3.8) is 0 Å². The van der Waals surface area contributed by atoms with Crippen LogP contribution in [0.3, 0.4) is 0 Å². The molecule has 0 spiro atoms. The first-order valence-corrected chi connectivity index (χ1v) is 7.69. The van der Waals surface area contributed by atoms with Gasteiger partial charge in [-0.05, 0) is 0 Å². The van der Waals surface area contributed by atoms with E-state index in [1.54, 1.807) is 6.92 Å². The van der Waals surface area contributed by atoms with E-state index < -0.39 is 29.8 Å². The van der Waals surface area contributed by atoms with Crippen LogP contribution in [0.15, 0.2) is 21.5 Å². The summed E-state index contributed by atoms with van der Waals surface area (Å²) in [7, 11) is 0. The number of carboxylic acids is 5. The fourth-order valence-electron chi connectivity index (χ4n) is 0.701. The van der Waals surface area contributed by atoms with Crippen molar-refractivity contribution in [2.45, 2.75) is 48.0 Å². The van der Waals surface area contributed by atoms with Gasteiger partial charge >= 0.3 is 0 Å². The molecular formula is C17H28O13. The molecule has 0 unspecified atom stereocenters. The Morgan fingerprint density at radius 2 is 0.967 bits per heavy atom. The molecular weight excluding hydrogens is 412 g/mol. The molecule has 0 aliphatic rings. The van der Waals surface area contributed by atoms with E-state index in [0.717, 1.165) is 34.6 Å². The van der Waals surface area contributed by atoms with E-state index in [-0.39, 0.29) is 11.2 Å². The highest BCUT2D eigenvalue weighted by atomic mass is 16.4. The number of carboxylic acid groups (broad SMARTS) is 5. The minimum absolute atomic E-state index is 0.273. The number of carbonyl (C=O) groups is 5. The molecule has 0 aliphatic carbocycles. The highest BCUT2D eigenvalue weighted by Gasteiger charge is 2.02. The van der Waals surface area contributed by atoms with Gasteiger partial charge < -0.3 is 35.1 Å². The van der Waals surface area contributed by atoms with Crippen LogP contribution in [-0.2, 0) is 30.4 Å². The summed E-state index contributed by atoms with van der Waals surface area (Å²) >= 11 is 0. The first kappa shape index (κ1) is 36.9. The highest BCUT2D eigenvalue weighted by molar-refractivity contribution is 5.63. The second-order valence-electron chi connectivity index (χ2n) is 4.51. The van der Waals surface area contributed by atoms with Gasteiger partial charge in [0, 0.05) is 47.1 Å². The van der Waals surface area contributed by atoms with E-state index in [0.29, 0.717) is 12.2 Å². The quantitative estimate of drug-likeness (QED) is 0.362. The largest absolute Gasteiger partial charge is 0.502 e. The Balaban J connectivity index is -0.0000000897. The van der Waals surface area contributed by atoms with Crippen LogP contribution in [0.4, 0.5) is 0 Å². The van der Waals surface area contributed by atoms with Crippen LogP contribution in [0.1, 0.15) is 47.3 Å². The molecule has 0 bridgehead atoms. The Labute approximate surface area is 171 Å². The molecule has 174 valence electrons. The summed E-state index contributed by atoms with van der Waals surface area (Å²) in [4.78, 5) is 55.7. The zero-order chi connectivity index (χ0) is 25.4. The van der Waals surface area contributed by atoms with Gasteiger partial charge in [-0.25, -0.2) is 0 Å². The molecule has 6 N–H and O–H groups in total. The molecule has 0 saturated heterocycles. The van der Waals surface area contributed by atoms with Gasteiger partial charge in [0.1, 0.15) is 5.76 Å². The standard InChI is InChI=1S/C7H8O3.5C2H4O2/c1-2-6-7(9)5(8)3-4-10-6;5*1-2(3)4/h3-4,9H,2H2,1H3;5*1H3,(H,3,4). The summed E-state index contributed by atoms with van der Waals surface area (Å²) in [5.74, 6) is -4.10. The molecule has 0 atom stereocenters. The van der Waals surface area contributed by atoms with Gasteiger partial charge in [-0.1, -0.05) is 6.92 Å². The lowest BCUT2D eigenvalue weighted by molar-refractivity contribution is -0.135. The van der Waals surface area contributed by atoms with Crippen molar-refractivity contribution in [2.75, 3.05) is 0 Å². The Kier molecular flexibility index (Phi) is 30.9. The molecule has 13 nitrogen and oxygen atoms in total. The molecule has 1 heterocycles. The van der Waals surface area contributed by atoms with Gasteiger partial charge in [0.25, 0.3) is 29.8 Å². The lowest BCUT2D eigenvalue weighted by Crippen LogP contribution is -1.99. The number of aryl methyl sites for hydroxylation is 1. The maximum absolute atomic E-state index is 10.7. The normalized spacial score (nSPS) is 7.40. The van der Waals surface area contributed by atoms with Crippen molar-refractivity contribution in [2.24, 2.45) is 0 Å². The topological polar surface area (TPSA) is 237 Å². The molecule has 1 aromatic heterocycles. The fourth-order valence-corrected chi connectivity index (χ4v) is 0.701. The molecule has 30 heavy (non-hydrogen) atoms. The van der Waals surface area contributed by atoms with Crippen molar-refractivity contribution in [1.29, 1.82) is 0 Å². The van der Waals surface area contributed by atoms with E-state index >= 15 is 0 Å². The Bertz CT molecular complexity index is 599. The predicted molar refractivity (Wildman–Crippen MR) is 103 cm³/mol. The third kappa shape index (κ3) is 87.8. The minimum atomic E-state index is -0.833. The summed E-state index contributed by atoms with van der Waals surface area (Å²) in [6.07, 6.45) is 1.81. The van der Waals surface area contributed by atoms with Gasteiger partial charge in [-0.15, -0.1) is 0 Å². The average Bonchev–Trinajstić information content (AvgIpc) is 2.47. The third-order valence-electron chi connectivity index (χ3n) is 1.25. The Hall–Kier alpha value is -3.90. The molecule has 0 saturated carbocycles. The van der Waals surface area contributed by atoms with E-state index in [9.17, 15) is 4.79 Å². The van der Waals surface area contributed by atoms with Crippen LogP contribution in [0.5, 0.6) is 5.75 Å². The molecule has 0 radical (unpaired) electrons. The van der Waals surface area contributed by atoms with Crippen LogP contribution in [0.25, 0.3) is 0 Å². The van der Waals surface area contributed by atoms with Gasteiger partial charge in [-0.2, -0.15) is 0 Å². The molecule has 0 aliphatic heterocycles. The number of rotatable bonds is 1. The van der Waals surface area contributed by atoms with E-state index in [4.69, 9.17) is 59.0 Å². The van der Waals surface area contributed by atoms with E-state index in [2.05, 4.69) is 0 Å². The smallest absolute Gasteiger partial charge is 0.300 e. The molecule has 0 fully saturated rings. The maximum Gasteiger partial charge on any atom is 0.300 e. The van der Waals surface area contributed by atoms with Gasteiger partial charge in [0.2, 0.25) is 11.2 Å². The molecule has 0 amide bonds. The van der Waals surface area contributed by atoms with E-state index in [1.807, 2.05) is 0 Å². The van der Waals surface area contributed by atoms with Crippen LogP contribution in [-0.4, -0.2) is 60.5 Å². The van der Waals surface area contributed by atoms with Crippen LogP contribution >= 0.6 is 0 Å². The average molecular weight is 440 g/mol. The fraction of sp³-hybridized carbons (Fsp3) is 0.412. The van der Waals surface area contributed by atoms with Gasteiger partial charge in [0.05, 0.1) is 6.26 Å². The molecule has 1 rings (SSSR count). The van der Waals surface area contributed by atoms with Crippen molar-refractivity contribution < 1.29 is 59.0 Å². The third-order valence-corrected chi connectivity index (χ3v) is 1.25. The number of aromatic hydroxyl groups is 1. The van der Waals surface area contributed by atoms with Crippen LogP contribution in [0, 0.1) is 0 Å². The summed E-state index contributed by atoms with van der Waals surface area (Å²) < 4.78 is 4.84. The molecule has 13 heteroatoms. The van der Waals surface area contributed by atoms with Crippen LogP contribution < -0.4 is 5.43 Å². The number of aliphatic carboxylic acids is 5. The summed E-state index contributed by atoms with van der Waals surface area (Å²) in [5.41, 5.74) is -0.386. The summed E-state index contributed by atoms with van der Waals surface area (Å²) in [5, 5.41) is 46.1. The van der Waals surface area contributed by atoms with Crippen molar-refractivity contribution >= 4 is 29.8 Å². The highest BCUT2D eigenvalue weighted by Crippen LogP contribution is 2.09.